The fourth-order valence-electron chi connectivity index (χ4n) is 7.18. The molecule has 3 heteroatoms. The van der Waals surface area contributed by atoms with E-state index in [4.69, 9.17) is 9.97 Å². The Morgan fingerprint density at radius 2 is 1.20 bits per heavy atom. The second-order valence-corrected chi connectivity index (χ2v) is 11.5. The number of rotatable bonds is 1. The van der Waals surface area contributed by atoms with Crippen molar-refractivity contribution >= 4 is 32.7 Å². The maximum Gasteiger partial charge on any atom is 0.235 e. The highest BCUT2D eigenvalue weighted by molar-refractivity contribution is 6.18. The van der Waals surface area contributed by atoms with Gasteiger partial charge in [0, 0.05) is 16.2 Å². The van der Waals surface area contributed by atoms with Gasteiger partial charge in [0.05, 0.1) is 22.2 Å². The van der Waals surface area contributed by atoms with Gasteiger partial charge in [-0.25, -0.2) is 9.97 Å². The molecule has 0 saturated heterocycles. The molecule has 2 aromatic heterocycles. The smallest absolute Gasteiger partial charge is 0.235 e. The Morgan fingerprint density at radius 1 is 0.585 bits per heavy atom. The number of hydrogen-bond donors (Lipinski definition) is 0. The molecule has 3 nitrogen and oxygen atoms in total. The van der Waals surface area contributed by atoms with Crippen LogP contribution in [-0.2, 0) is 0 Å². The minimum atomic E-state index is 0.357. The second-order valence-electron chi connectivity index (χ2n) is 11.5. The summed E-state index contributed by atoms with van der Waals surface area (Å²) < 4.78 is 2.28. The zero-order valence-corrected chi connectivity index (χ0v) is 23.8. The molecule has 1 aliphatic rings. The normalized spacial score (nSPS) is 16.3. The van der Waals surface area contributed by atoms with E-state index in [2.05, 4.69) is 135 Å². The number of para-hydroxylation sites is 2. The molecule has 5 aromatic carbocycles. The van der Waals surface area contributed by atoms with Crippen LogP contribution in [0, 0.1) is 13.8 Å². The zero-order chi connectivity index (χ0) is 27.8. The Morgan fingerprint density at radius 3 is 1.98 bits per heavy atom. The summed E-state index contributed by atoms with van der Waals surface area (Å²) in [5.41, 5.74) is 13.6. The van der Waals surface area contributed by atoms with Gasteiger partial charge >= 0.3 is 0 Å². The van der Waals surface area contributed by atoms with Gasteiger partial charge in [-0.15, -0.1) is 0 Å². The zero-order valence-electron chi connectivity index (χ0n) is 23.8. The van der Waals surface area contributed by atoms with E-state index >= 15 is 0 Å². The Labute approximate surface area is 240 Å². The first-order valence-electron chi connectivity index (χ1n) is 14.5. The summed E-state index contributed by atoms with van der Waals surface area (Å²) in [6.07, 6.45) is 0. The molecular weight excluding hydrogens is 498 g/mol. The van der Waals surface area contributed by atoms with Gasteiger partial charge in [-0.1, -0.05) is 98.8 Å². The lowest BCUT2D eigenvalue weighted by Crippen LogP contribution is -2.06. The van der Waals surface area contributed by atoms with Gasteiger partial charge < -0.3 is 0 Å². The molecule has 0 saturated carbocycles. The molecule has 0 spiro atoms. The van der Waals surface area contributed by atoms with Crippen LogP contribution in [0.1, 0.15) is 48.1 Å². The van der Waals surface area contributed by atoms with E-state index in [0.717, 1.165) is 27.6 Å². The number of benzene rings is 5. The molecule has 8 rings (SSSR count). The lowest BCUT2D eigenvalue weighted by Gasteiger charge is -2.24. The van der Waals surface area contributed by atoms with Crippen molar-refractivity contribution in [2.75, 3.05) is 0 Å². The first-order chi connectivity index (χ1) is 20.0. The van der Waals surface area contributed by atoms with Crippen LogP contribution in [0.2, 0.25) is 0 Å². The van der Waals surface area contributed by atoms with E-state index in [1.54, 1.807) is 0 Å². The van der Waals surface area contributed by atoms with Crippen molar-refractivity contribution in [3.8, 4) is 28.2 Å². The molecule has 2 heterocycles. The average Bonchev–Trinajstić information content (AvgIpc) is 3.34. The third-order valence-corrected chi connectivity index (χ3v) is 9.42. The summed E-state index contributed by atoms with van der Waals surface area (Å²) in [7, 11) is 0. The van der Waals surface area contributed by atoms with Gasteiger partial charge in [-0.2, -0.15) is 0 Å². The molecule has 2 atom stereocenters. The summed E-state index contributed by atoms with van der Waals surface area (Å²) in [4.78, 5) is 10.2. The van der Waals surface area contributed by atoms with Crippen LogP contribution in [0.3, 0.4) is 0 Å². The molecule has 2 unspecified atom stereocenters. The van der Waals surface area contributed by atoms with Crippen LogP contribution in [0.4, 0.5) is 0 Å². The van der Waals surface area contributed by atoms with E-state index in [-0.39, 0.29) is 0 Å². The minimum absolute atomic E-state index is 0.357. The highest BCUT2D eigenvalue weighted by Crippen LogP contribution is 2.50. The van der Waals surface area contributed by atoms with Gasteiger partial charge in [0.2, 0.25) is 5.95 Å². The fraction of sp³-hybridized carbons (Fsp3) is 0.158. The topological polar surface area (TPSA) is 30.7 Å². The highest BCUT2D eigenvalue weighted by Gasteiger charge is 2.29. The van der Waals surface area contributed by atoms with Crippen molar-refractivity contribution in [2.24, 2.45) is 0 Å². The monoisotopic (exact) mass is 529 g/mol. The maximum atomic E-state index is 5.13. The average molecular weight is 530 g/mol. The van der Waals surface area contributed by atoms with Crippen molar-refractivity contribution in [2.45, 2.75) is 39.5 Å². The number of fused-ring (bicyclic) bond motifs is 11. The fourth-order valence-corrected chi connectivity index (χ4v) is 7.18. The van der Waals surface area contributed by atoms with Gasteiger partial charge in [0.1, 0.15) is 0 Å². The molecule has 1 aliphatic carbocycles. The van der Waals surface area contributed by atoms with Crippen molar-refractivity contribution in [1.29, 1.82) is 0 Å². The van der Waals surface area contributed by atoms with E-state index in [9.17, 15) is 0 Å². The Kier molecular flexibility index (Phi) is 5.21. The first-order valence-corrected chi connectivity index (χ1v) is 14.5. The van der Waals surface area contributed by atoms with Gasteiger partial charge in [0.25, 0.3) is 0 Å². The van der Waals surface area contributed by atoms with E-state index in [1.807, 2.05) is 0 Å². The minimum Gasteiger partial charge on any atom is -0.278 e. The molecule has 2 bridgehead atoms. The standard InChI is InChI=1S/C38H31N3/c1-22-23(2)27-14-6-8-17-30(27)36-24(3)32(29-16-7-5-13-26(22)29)21-35-37(36)31-18-10-12-20-34(31)41(35)38-39-25(4)28-15-9-11-19-33(28)40-38/h5-23H,1-4H3. The molecule has 41 heavy (non-hydrogen) atoms. The maximum absolute atomic E-state index is 5.13. The summed E-state index contributed by atoms with van der Waals surface area (Å²) in [6, 6.07) is 37.4. The molecule has 198 valence electrons. The molecule has 0 amide bonds. The second kappa shape index (κ2) is 8.87. The number of aryl methyl sites for hydroxylation is 1. The van der Waals surface area contributed by atoms with E-state index < -0.39 is 0 Å². The summed E-state index contributed by atoms with van der Waals surface area (Å²) in [5, 5.41) is 3.58. The molecular formula is C38H31N3. The molecule has 0 aliphatic heterocycles. The first kappa shape index (κ1) is 24.1. The van der Waals surface area contributed by atoms with Crippen LogP contribution in [0.5, 0.6) is 0 Å². The van der Waals surface area contributed by atoms with Crippen LogP contribution in [0.25, 0.3) is 60.9 Å². The van der Waals surface area contributed by atoms with Gasteiger partial charge in [0.15, 0.2) is 0 Å². The third kappa shape index (κ3) is 3.39. The van der Waals surface area contributed by atoms with Crippen LogP contribution >= 0.6 is 0 Å². The number of aromatic nitrogens is 3. The van der Waals surface area contributed by atoms with Crippen LogP contribution in [-0.4, -0.2) is 14.5 Å². The summed E-state index contributed by atoms with van der Waals surface area (Å²) >= 11 is 0. The van der Waals surface area contributed by atoms with Crippen molar-refractivity contribution in [1.82, 2.24) is 14.5 Å². The van der Waals surface area contributed by atoms with Gasteiger partial charge in [-0.3, -0.25) is 4.57 Å². The molecule has 7 aromatic rings. The summed E-state index contributed by atoms with van der Waals surface area (Å²) in [6.45, 7) is 9.15. The predicted molar refractivity (Wildman–Crippen MR) is 171 cm³/mol. The van der Waals surface area contributed by atoms with E-state index in [0.29, 0.717) is 17.8 Å². The third-order valence-electron chi connectivity index (χ3n) is 9.42. The number of nitrogens with zero attached hydrogens (tertiary/aromatic N) is 3. The van der Waals surface area contributed by atoms with E-state index in [1.165, 1.54) is 49.7 Å². The predicted octanol–water partition coefficient (Wildman–Crippen LogP) is 9.90. The van der Waals surface area contributed by atoms with Gasteiger partial charge in [-0.05, 0) is 82.8 Å². The lowest BCUT2D eigenvalue weighted by molar-refractivity contribution is 0.626. The van der Waals surface area contributed by atoms with Crippen LogP contribution < -0.4 is 0 Å². The quantitative estimate of drug-likeness (QED) is 0.212. The van der Waals surface area contributed by atoms with Crippen molar-refractivity contribution in [3.63, 3.8) is 0 Å². The van der Waals surface area contributed by atoms with Crippen molar-refractivity contribution < 1.29 is 0 Å². The largest absolute Gasteiger partial charge is 0.278 e. The molecule has 0 fully saturated rings. The summed E-state index contributed by atoms with van der Waals surface area (Å²) in [5.74, 6) is 1.44. The Hall–Kier alpha value is -4.76. The van der Waals surface area contributed by atoms with Crippen molar-refractivity contribution in [3.05, 3.63) is 126 Å². The molecule has 0 N–H and O–H groups in total. The highest BCUT2D eigenvalue weighted by atomic mass is 15.2. The molecule has 0 radical (unpaired) electrons. The number of hydrogen-bond acceptors (Lipinski definition) is 2. The SMILES string of the molecule is Cc1c2cc3c(c1-c1ccccc1C(C)C(C)c1ccccc1-2)c1ccccc1n3-c1nc(C)c2ccccc2n1. The lowest BCUT2D eigenvalue weighted by atomic mass is 9.80. The van der Waals surface area contributed by atoms with Crippen LogP contribution in [0.15, 0.2) is 103 Å². The Bertz CT molecular complexity index is 2170. The Balaban J connectivity index is 1.61.